The summed E-state index contributed by atoms with van der Waals surface area (Å²) in [4.78, 5) is 114. The maximum absolute atomic E-state index is 14.0. The molecule has 4 heterocycles. The molecule has 20 heteroatoms. The molecule has 69 heavy (non-hydrogen) atoms. The van der Waals surface area contributed by atoms with Gasteiger partial charge >= 0.3 is 0 Å². The van der Waals surface area contributed by atoms with Crippen molar-refractivity contribution in [2.45, 2.75) is 173 Å². The third kappa shape index (κ3) is 15.5. The zero-order valence-corrected chi connectivity index (χ0v) is 41.7. The summed E-state index contributed by atoms with van der Waals surface area (Å²) in [5, 5.41) is 22.1. The fourth-order valence-electron chi connectivity index (χ4n) is 9.41. The Balaban J connectivity index is 0.989. The lowest BCUT2D eigenvalue weighted by molar-refractivity contribution is -0.144. The predicted octanol–water partition coefficient (Wildman–Crippen LogP) is 2.15. The number of carbonyl (C=O) groups excluding carboxylic acids is 8. The number of aryl methyl sites for hydroxylation is 1. The number of likely N-dealkylation sites (tertiary alicyclic amines) is 1. The molecule has 1 aromatic heterocycles. The van der Waals surface area contributed by atoms with E-state index in [2.05, 4.69) is 26.3 Å². The zero-order chi connectivity index (χ0) is 50.4. The summed E-state index contributed by atoms with van der Waals surface area (Å²) < 4.78 is 0. The SMILES string of the molecule is CC(=O)N1CC[C@H]2CC[C@@H](C(=O)N[C@@H](CCC(N)=O)C(=O)NCCCCCCCCCC(=O)N[C@H](C(=O)N3C[C@H](O)C[C@H]3C(=O)NCc3ccc(-c4scnc4C)cc3)C(C)(C)C)N2C(=O)[C@@H](N)C1. The summed E-state index contributed by atoms with van der Waals surface area (Å²) >= 11 is 1.57. The summed E-state index contributed by atoms with van der Waals surface area (Å²) in [6.07, 6.45) is 6.47. The summed E-state index contributed by atoms with van der Waals surface area (Å²) in [5.41, 5.74) is 15.6. The highest BCUT2D eigenvalue weighted by molar-refractivity contribution is 7.13. The number of hydrogen-bond donors (Lipinski definition) is 7. The first kappa shape index (κ1) is 54.5. The van der Waals surface area contributed by atoms with Crippen LogP contribution >= 0.6 is 11.3 Å². The highest BCUT2D eigenvalue weighted by Gasteiger charge is 2.46. The van der Waals surface area contributed by atoms with E-state index in [1.807, 2.05) is 52.0 Å². The molecular formula is C49H74N10O9S. The first-order valence-corrected chi connectivity index (χ1v) is 25.4. The fourth-order valence-corrected chi connectivity index (χ4v) is 10.2. The van der Waals surface area contributed by atoms with Gasteiger partial charge in [-0.15, -0.1) is 11.3 Å². The summed E-state index contributed by atoms with van der Waals surface area (Å²) in [6, 6.07) is 2.98. The van der Waals surface area contributed by atoms with Crippen molar-refractivity contribution in [3.8, 4) is 10.4 Å². The number of nitrogens with one attached hydrogen (secondary N) is 4. The van der Waals surface area contributed by atoms with Crippen molar-refractivity contribution in [1.82, 2.24) is 41.0 Å². The summed E-state index contributed by atoms with van der Waals surface area (Å²) in [5.74, 6) is -3.16. The first-order chi connectivity index (χ1) is 32.7. The smallest absolute Gasteiger partial charge is 0.246 e. The molecule has 2 aromatic rings. The van der Waals surface area contributed by atoms with E-state index >= 15 is 0 Å². The molecule has 5 rings (SSSR count). The average molecular weight is 979 g/mol. The van der Waals surface area contributed by atoms with Gasteiger partial charge in [-0.2, -0.15) is 0 Å². The minimum atomic E-state index is -1.03. The van der Waals surface area contributed by atoms with Crippen molar-refractivity contribution in [2.75, 3.05) is 26.2 Å². The Hall–Kier alpha value is -5.47. The number of β-amino-alcohol motifs (C(OH)–C–C–N with tert-alkyl or cyclic N) is 1. The number of aliphatic hydroxyl groups is 1. The standard InChI is InChI=1S/C49H74N10O9S/c1-30-42(69-29-54-30)33-16-14-32(15-17-33)26-53-45(65)39-25-35(61)27-58(39)48(68)43(49(3,4)5)56-41(63)13-11-9-7-6-8-10-12-23-52-44(64)37(19-21-40(51)62)55-46(66)38-20-18-34-22-24-57(31(2)60)28-36(50)47(67)59(34)38/h14-17,29,34-39,43,61H,6-13,18-28,50H2,1-5H3,(H2,51,62)(H,52,64)(H,53,65)(H,55,66)(H,56,63)/t34-,35-,36+,37+,38+,39+,43-/m1/s1. The van der Waals surface area contributed by atoms with Crippen LogP contribution in [0.5, 0.6) is 0 Å². The van der Waals surface area contributed by atoms with Gasteiger partial charge in [-0.05, 0) is 62.0 Å². The maximum atomic E-state index is 14.0. The summed E-state index contributed by atoms with van der Waals surface area (Å²) in [6.45, 7) is 10.1. The lowest BCUT2D eigenvalue weighted by atomic mass is 9.85. The molecule has 3 aliphatic heterocycles. The maximum Gasteiger partial charge on any atom is 0.246 e. The molecule has 8 amide bonds. The van der Waals surface area contributed by atoms with E-state index in [1.54, 1.807) is 21.7 Å². The number of amides is 8. The van der Waals surface area contributed by atoms with Gasteiger partial charge in [0.05, 0.1) is 22.2 Å². The Kier molecular flexibility index (Phi) is 20.1. The Morgan fingerprint density at radius 3 is 2.19 bits per heavy atom. The number of nitrogens with two attached hydrogens (primary N) is 2. The van der Waals surface area contributed by atoms with E-state index in [1.165, 1.54) is 16.7 Å². The molecule has 3 aliphatic rings. The lowest BCUT2D eigenvalue weighted by Gasteiger charge is -2.37. The lowest BCUT2D eigenvalue weighted by Crippen LogP contribution is -2.60. The molecule has 19 nitrogen and oxygen atoms in total. The zero-order valence-electron chi connectivity index (χ0n) is 40.9. The van der Waals surface area contributed by atoms with E-state index in [4.69, 9.17) is 11.5 Å². The normalized spacial score (nSPS) is 21.4. The Labute approximate surface area is 409 Å². The van der Waals surface area contributed by atoms with Gasteiger partial charge in [-0.3, -0.25) is 38.4 Å². The fraction of sp³-hybridized carbons (Fsp3) is 0.653. The van der Waals surface area contributed by atoms with Crippen LogP contribution in [0.3, 0.4) is 0 Å². The van der Waals surface area contributed by atoms with E-state index in [9.17, 15) is 43.5 Å². The number of nitrogens with zero attached hydrogens (tertiary/aromatic N) is 4. The average Bonchev–Trinajstić information content (AvgIpc) is 4.04. The molecule has 0 aliphatic carbocycles. The first-order valence-electron chi connectivity index (χ1n) is 24.5. The van der Waals surface area contributed by atoms with Crippen LogP contribution in [0.2, 0.25) is 0 Å². The summed E-state index contributed by atoms with van der Waals surface area (Å²) in [7, 11) is 0. The number of unbranched alkanes of at least 4 members (excludes halogenated alkanes) is 6. The van der Waals surface area contributed by atoms with Crippen LogP contribution in [0, 0.1) is 12.3 Å². The number of thiazole rings is 1. The van der Waals surface area contributed by atoms with Gasteiger partial charge in [0.15, 0.2) is 0 Å². The van der Waals surface area contributed by atoms with Crippen molar-refractivity contribution in [1.29, 1.82) is 0 Å². The molecule has 0 saturated carbocycles. The number of rotatable bonds is 22. The van der Waals surface area contributed by atoms with Crippen LogP contribution in [-0.4, -0.2) is 141 Å². The number of hydrogen-bond acceptors (Lipinski definition) is 12. The van der Waals surface area contributed by atoms with Gasteiger partial charge < -0.3 is 52.5 Å². The molecule has 9 N–H and O–H groups in total. The molecule has 1 aromatic carbocycles. The number of aromatic nitrogens is 1. The Morgan fingerprint density at radius 2 is 1.55 bits per heavy atom. The minimum Gasteiger partial charge on any atom is -0.391 e. The topological polar surface area (TPSA) is 280 Å². The minimum absolute atomic E-state index is 0.00322. The highest BCUT2D eigenvalue weighted by Crippen LogP contribution is 2.31. The number of benzene rings is 1. The second kappa shape index (κ2) is 25.4. The van der Waals surface area contributed by atoms with E-state index in [0.29, 0.717) is 45.2 Å². The van der Waals surface area contributed by atoms with Crippen molar-refractivity contribution in [3.05, 3.63) is 41.0 Å². The van der Waals surface area contributed by atoms with E-state index in [0.717, 1.165) is 53.8 Å². The third-order valence-corrected chi connectivity index (χ3v) is 14.4. The van der Waals surface area contributed by atoms with Crippen LogP contribution in [0.15, 0.2) is 29.8 Å². The van der Waals surface area contributed by atoms with Gasteiger partial charge in [-0.25, -0.2) is 4.98 Å². The van der Waals surface area contributed by atoms with Gasteiger partial charge in [0, 0.05) is 65.0 Å². The van der Waals surface area contributed by atoms with Crippen molar-refractivity contribution in [2.24, 2.45) is 16.9 Å². The Bertz CT molecular complexity index is 2130. The van der Waals surface area contributed by atoms with Crippen LogP contribution in [-0.2, 0) is 44.9 Å². The molecule has 0 spiro atoms. The van der Waals surface area contributed by atoms with E-state index in [-0.39, 0.29) is 69.1 Å². The molecule has 380 valence electrons. The van der Waals surface area contributed by atoms with Crippen LogP contribution in [0.25, 0.3) is 10.4 Å². The molecule has 0 unspecified atom stereocenters. The quantitative estimate of drug-likeness (QED) is 0.0840. The largest absolute Gasteiger partial charge is 0.391 e. The predicted molar refractivity (Wildman–Crippen MR) is 260 cm³/mol. The molecule has 3 saturated heterocycles. The van der Waals surface area contributed by atoms with Gasteiger partial charge in [-0.1, -0.05) is 77.1 Å². The molecule has 7 atom stereocenters. The monoisotopic (exact) mass is 979 g/mol. The van der Waals surface area contributed by atoms with Crippen LogP contribution < -0.4 is 32.7 Å². The Morgan fingerprint density at radius 1 is 0.870 bits per heavy atom. The second-order valence-electron chi connectivity index (χ2n) is 19.9. The van der Waals surface area contributed by atoms with E-state index < -0.39 is 71.3 Å². The molecule has 3 fully saturated rings. The number of carbonyl (C=O) groups is 8. The van der Waals surface area contributed by atoms with Gasteiger partial charge in [0.25, 0.3) is 0 Å². The van der Waals surface area contributed by atoms with Gasteiger partial charge in [0.2, 0.25) is 47.3 Å². The number of fused-ring (bicyclic) bond motifs is 1. The molecular weight excluding hydrogens is 905 g/mol. The highest BCUT2D eigenvalue weighted by atomic mass is 32.1. The number of primary amides is 1. The third-order valence-electron chi connectivity index (χ3n) is 13.4. The van der Waals surface area contributed by atoms with Gasteiger partial charge in [0.1, 0.15) is 30.2 Å². The molecule has 0 bridgehead atoms. The van der Waals surface area contributed by atoms with Crippen molar-refractivity contribution < 1.29 is 43.5 Å². The second-order valence-corrected chi connectivity index (χ2v) is 20.7. The van der Waals surface area contributed by atoms with Crippen LogP contribution in [0.4, 0.5) is 0 Å². The van der Waals surface area contributed by atoms with Crippen LogP contribution in [0.1, 0.15) is 129 Å². The number of aliphatic hydroxyl groups excluding tert-OH is 1. The molecule has 0 radical (unpaired) electrons. The van der Waals surface area contributed by atoms with Crippen molar-refractivity contribution in [3.63, 3.8) is 0 Å². The van der Waals surface area contributed by atoms with Crippen molar-refractivity contribution >= 4 is 58.6 Å².